The van der Waals surface area contributed by atoms with Crippen LogP contribution >= 0.6 is 11.8 Å². The molecule has 0 aliphatic carbocycles. The van der Waals surface area contributed by atoms with Crippen LogP contribution in [0.4, 0.5) is 0 Å². The van der Waals surface area contributed by atoms with Gasteiger partial charge in [-0.1, -0.05) is 23.9 Å². The Hall–Kier alpha value is -1.16. The van der Waals surface area contributed by atoms with Crippen LogP contribution in [0.5, 0.6) is 5.75 Å². The van der Waals surface area contributed by atoms with Crippen LogP contribution in [0.3, 0.4) is 0 Å². The second-order valence-corrected chi connectivity index (χ2v) is 6.48. The molecule has 1 aliphatic heterocycles. The lowest BCUT2D eigenvalue weighted by Gasteiger charge is -2.32. The van der Waals surface area contributed by atoms with Crippen molar-refractivity contribution < 1.29 is 4.74 Å². The SMILES string of the molecule is COc1ccc(CCN=C2NC(C)(C)CCS2)cc1. The van der Waals surface area contributed by atoms with Crippen molar-refractivity contribution in [1.29, 1.82) is 0 Å². The molecule has 1 fully saturated rings. The molecule has 1 aliphatic rings. The summed E-state index contributed by atoms with van der Waals surface area (Å²) in [5.74, 6) is 2.06. The number of amidine groups is 1. The Morgan fingerprint density at radius 3 is 2.68 bits per heavy atom. The lowest BCUT2D eigenvalue weighted by Crippen LogP contribution is -2.46. The normalized spacial score (nSPS) is 20.1. The van der Waals surface area contributed by atoms with Crippen LogP contribution in [0, 0.1) is 0 Å². The summed E-state index contributed by atoms with van der Waals surface area (Å²) in [5, 5.41) is 4.58. The molecule has 1 N–H and O–H groups in total. The predicted molar refractivity (Wildman–Crippen MR) is 83.3 cm³/mol. The first-order chi connectivity index (χ1) is 9.09. The lowest BCUT2D eigenvalue weighted by atomic mass is 10.0. The Kier molecular flexibility index (Phi) is 4.75. The minimum atomic E-state index is 0.185. The summed E-state index contributed by atoms with van der Waals surface area (Å²) in [5.41, 5.74) is 1.48. The average Bonchev–Trinajstić information content (AvgIpc) is 2.38. The quantitative estimate of drug-likeness (QED) is 0.919. The van der Waals surface area contributed by atoms with Gasteiger partial charge in [0.1, 0.15) is 5.75 Å². The molecule has 2 rings (SSSR count). The van der Waals surface area contributed by atoms with E-state index in [0.717, 1.165) is 29.6 Å². The zero-order valence-electron chi connectivity index (χ0n) is 11.9. The molecule has 0 unspecified atom stereocenters. The number of aliphatic imine (C=N–C) groups is 1. The number of benzene rings is 1. The summed E-state index contributed by atoms with van der Waals surface area (Å²) in [4.78, 5) is 4.65. The molecule has 3 nitrogen and oxygen atoms in total. The molecule has 0 bridgehead atoms. The molecule has 0 aromatic heterocycles. The van der Waals surface area contributed by atoms with Crippen LogP contribution in [0.15, 0.2) is 29.3 Å². The van der Waals surface area contributed by atoms with Crippen molar-refractivity contribution in [2.75, 3.05) is 19.4 Å². The van der Waals surface area contributed by atoms with Crippen molar-refractivity contribution in [2.24, 2.45) is 4.99 Å². The Morgan fingerprint density at radius 1 is 1.32 bits per heavy atom. The number of ether oxygens (including phenoxy) is 1. The van der Waals surface area contributed by atoms with Gasteiger partial charge in [-0.05, 0) is 44.4 Å². The smallest absolute Gasteiger partial charge is 0.156 e. The van der Waals surface area contributed by atoms with E-state index in [0.29, 0.717) is 0 Å². The van der Waals surface area contributed by atoms with Crippen molar-refractivity contribution in [3.05, 3.63) is 29.8 Å². The summed E-state index contributed by atoms with van der Waals surface area (Å²) >= 11 is 1.83. The van der Waals surface area contributed by atoms with Gasteiger partial charge in [-0.2, -0.15) is 0 Å². The van der Waals surface area contributed by atoms with Gasteiger partial charge >= 0.3 is 0 Å². The van der Waals surface area contributed by atoms with E-state index < -0.39 is 0 Å². The van der Waals surface area contributed by atoms with Crippen LogP contribution < -0.4 is 10.1 Å². The lowest BCUT2D eigenvalue weighted by molar-refractivity contribution is 0.414. The van der Waals surface area contributed by atoms with Crippen LogP contribution in [-0.4, -0.2) is 30.1 Å². The summed E-state index contributed by atoms with van der Waals surface area (Å²) in [6, 6.07) is 8.20. The average molecular weight is 278 g/mol. The largest absolute Gasteiger partial charge is 0.497 e. The topological polar surface area (TPSA) is 33.6 Å². The highest BCUT2D eigenvalue weighted by molar-refractivity contribution is 8.13. The van der Waals surface area contributed by atoms with E-state index in [1.807, 2.05) is 23.9 Å². The van der Waals surface area contributed by atoms with E-state index in [1.165, 1.54) is 12.0 Å². The fourth-order valence-corrected chi connectivity index (χ4v) is 3.29. The maximum Gasteiger partial charge on any atom is 0.156 e. The highest BCUT2D eigenvalue weighted by Gasteiger charge is 2.23. The number of thioether (sulfide) groups is 1. The summed E-state index contributed by atoms with van der Waals surface area (Å²) in [7, 11) is 1.69. The maximum absolute atomic E-state index is 5.15. The molecule has 0 amide bonds. The Balaban J connectivity index is 1.85. The van der Waals surface area contributed by atoms with Crippen molar-refractivity contribution in [2.45, 2.75) is 32.2 Å². The van der Waals surface area contributed by atoms with E-state index in [-0.39, 0.29) is 5.54 Å². The number of hydrogen-bond donors (Lipinski definition) is 1. The first-order valence-corrected chi connectivity index (χ1v) is 7.66. The molecule has 19 heavy (non-hydrogen) atoms. The van der Waals surface area contributed by atoms with Crippen molar-refractivity contribution in [3.63, 3.8) is 0 Å². The standard InChI is InChI=1S/C15H22N2OS/c1-15(2)9-11-19-14(17-15)16-10-8-12-4-6-13(18-3)7-5-12/h4-7H,8-11H2,1-3H3,(H,16,17). The Labute approximate surface area is 119 Å². The minimum absolute atomic E-state index is 0.185. The molecule has 1 aromatic rings. The zero-order valence-corrected chi connectivity index (χ0v) is 12.7. The molecule has 4 heteroatoms. The molecule has 0 spiro atoms. The molecule has 1 heterocycles. The summed E-state index contributed by atoms with van der Waals surface area (Å²) < 4.78 is 5.15. The first kappa shape index (κ1) is 14.3. The Bertz CT molecular complexity index is 440. The third kappa shape index (κ3) is 4.46. The maximum atomic E-state index is 5.15. The third-order valence-corrected chi connectivity index (χ3v) is 4.14. The number of nitrogens with zero attached hydrogens (tertiary/aromatic N) is 1. The van der Waals surface area contributed by atoms with Crippen molar-refractivity contribution in [3.8, 4) is 5.75 Å². The van der Waals surface area contributed by atoms with Gasteiger partial charge in [0.15, 0.2) is 5.17 Å². The van der Waals surface area contributed by atoms with Crippen LogP contribution in [0.25, 0.3) is 0 Å². The minimum Gasteiger partial charge on any atom is -0.497 e. The van der Waals surface area contributed by atoms with Gasteiger partial charge in [0.25, 0.3) is 0 Å². The van der Waals surface area contributed by atoms with Gasteiger partial charge in [-0.3, -0.25) is 4.99 Å². The highest BCUT2D eigenvalue weighted by atomic mass is 32.2. The van der Waals surface area contributed by atoms with Gasteiger partial charge in [-0.15, -0.1) is 0 Å². The first-order valence-electron chi connectivity index (χ1n) is 6.67. The molecule has 1 saturated heterocycles. The Morgan fingerprint density at radius 2 is 2.05 bits per heavy atom. The second-order valence-electron chi connectivity index (χ2n) is 5.39. The van der Waals surface area contributed by atoms with E-state index in [9.17, 15) is 0 Å². The van der Waals surface area contributed by atoms with E-state index in [4.69, 9.17) is 4.74 Å². The fourth-order valence-electron chi connectivity index (χ4n) is 1.95. The summed E-state index contributed by atoms with van der Waals surface area (Å²) in [6.07, 6.45) is 2.16. The molecular weight excluding hydrogens is 256 g/mol. The van der Waals surface area contributed by atoms with Gasteiger partial charge in [-0.25, -0.2) is 0 Å². The molecule has 1 aromatic carbocycles. The van der Waals surface area contributed by atoms with E-state index in [1.54, 1.807) is 7.11 Å². The number of nitrogens with one attached hydrogen (secondary N) is 1. The summed E-state index contributed by atoms with van der Waals surface area (Å²) in [6.45, 7) is 5.29. The zero-order chi connectivity index (χ0) is 13.7. The van der Waals surface area contributed by atoms with Gasteiger partial charge in [0.2, 0.25) is 0 Å². The second kappa shape index (κ2) is 6.33. The number of methoxy groups -OCH3 is 1. The molecule has 0 saturated carbocycles. The predicted octanol–water partition coefficient (Wildman–Crippen LogP) is 3.10. The highest BCUT2D eigenvalue weighted by Crippen LogP contribution is 2.21. The molecule has 0 atom stereocenters. The number of hydrogen-bond acceptors (Lipinski definition) is 3. The van der Waals surface area contributed by atoms with Gasteiger partial charge in [0, 0.05) is 17.8 Å². The van der Waals surface area contributed by atoms with Crippen molar-refractivity contribution >= 4 is 16.9 Å². The molecule has 104 valence electrons. The van der Waals surface area contributed by atoms with Gasteiger partial charge in [0.05, 0.1) is 7.11 Å². The number of rotatable bonds is 4. The van der Waals surface area contributed by atoms with Gasteiger partial charge < -0.3 is 10.1 Å². The third-order valence-electron chi connectivity index (χ3n) is 3.23. The monoisotopic (exact) mass is 278 g/mol. The van der Waals surface area contributed by atoms with Crippen LogP contribution in [-0.2, 0) is 6.42 Å². The fraction of sp³-hybridized carbons (Fsp3) is 0.533. The molecule has 0 radical (unpaired) electrons. The van der Waals surface area contributed by atoms with Crippen LogP contribution in [0.2, 0.25) is 0 Å². The molecular formula is C15H22N2OS. The van der Waals surface area contributed by atoms with E-state index >= 15 is 0 Å². The van der Waals surface area contributed by atoms with E-state index in [2.05, 4.69) is 36.3 Å². The van der Waals surface area contributed by atoms with Crippen LogP contribution in [0.1, 0.15) is 25.8 Å². The van der Waals surface area contributed by atoms with Crippen molar-refractivity contribution in [1.82, 2.24) is 5.32 Å².